The van der Waals surface area contributed by atoms with Crippen LogP contribution in [0.25, 0.3) is 43.6 Å². The van der Waals surface area contributed by atoms with Crippen LogP contribution < -0.4 is 0 Å². The maximum Gasteiger partial charge on any atom is 0.404 e. The molecule has 0 amide bonds. The third-order valence-corrected chi connectivity index (χ3v) is 27.0. The Morgan fingerprint density at radius 3 is 1.10 bits per heavy atom. The minimum absolute atomic E-state index is 0.0292. The molecule has 18 nitrogen and oxygen atoms in total. The van der Waals surface area contributed by atoms with Gasteiger partial charge in [0.25, 0.3) is 0 Å². The molecule has 14 rings (SSSR count). The minimum atomic E-state index is -4.74. The first-order valence-electron chi connectivity index (χ1n) is 31.1. The lowest BCUT2D eigenvalue weighted by Gasteiger charge is -2.32. The van der Waals surface area contributed by atoms with Crippen LogP contribution >= 0.6 is 0 Å². The van der Waals surface area contributed by atoms with Gasteiger partial charge in [0.15, 0.2) is 5.75 Å². The molecule has 4 saturated heterocycles. The largest absolute Gasteiger partial charge is 0.404 e. The van der Waals surface area contributed by atoms with Crippen molar-refractivity contribution in [3.05, 3.63) is 156 Å². The number of sulfonamides is 4. The Hall–Kier alpha value is -6.60. The van der Waals surface area contributed by atoms with E-state index in [1.54, 1.807) is 53.9 Å². The number of aromatic amines is 4. The number of benzene rings is 4. The van der Waals surface area contributed by atoms with Gasteiger partial charge in [-0.3, -0.25) is 4.68 Å². The highest BCUT2D eigenvalue weighted by Crippen LogP contribution is 2.40. The highest BCUT2D eigenvalue weighted by atomic mass is 32.2. The lowest BCUT2D eigenvalue weighted by atomic mass is 9.90. The van der Waals surface area contributed by atoms with Crippen molar-refractivity contribution in [2.75, 3.05) is 58.1 Å². The van der Waals surface area contributed by atoms with E-state index in [-0.39, 0.29) is 63.6 Å². The molecule has 5 fully saturated rings. The van der Waals surface area contributed by atoms with Crippen molar-refractivity contribution < 1.29 is 64.4 Å². The first-order chi connectivity index (χ1) is 44.0. The van der Waals surface area contributed by atoms with Crippen LogP contribution in [-0.4, -0.2) is 155 Å². The highest BCUT2D eigenvalue weighted by Gasteiger charge is 2.43. The van der Waals surface area contributed by atoms with Crippen LogP contribution in [0.15, 0.2) is 115 Å². The van der Waals surface area contributed by atoms with Crippen LogP contribution in [-0.2, 0) is 47.1 Å². The molecule has 5 aliphatic rings. The minimum Gasteiger partial charge on any atom is -0.361 e. The molecule has 93 heavy (non-hydrogen) atoms. The Morgan fingerprint density at radius 2 is 0.796 bits per heavy atom. The van der Waals surface area contributed by atoms with E-state index in [4.69, 9.17) is 0 Å². The fraction of sp³-hybridized carbons (Fsp3) is 0.453. The summed E-state index contributed by atoms with van der Waals surface area (Å²) in [6.45, 7) is 6.78. The highest BCUT2D eigenvalue weighted by molar-refractivity contribution is 7.90. The SMILES string of the molecule is CC(C)S(=O)(=O)N1CCC(c2c[nH]c3cc(F)ccc23)CC1.Cn1cc(S(=O)(=O)N2CCC(c3c[nH]c4cc(F)ccc34)CC2)cn1.O=S(=O)(C1CC1)N1CCC(c2c[nH]c3cc(F)ccc23)CC1.O=S(=O)(CC(F)(F)F)N1CCC(c2c[nH]c3cc(F)ccc23)CC1. The molecule has 9 aromatic rings. The van der Waals surface area contributed by atoms with Crippen molar-refractivity contribution in [1.29, 1.82) is 0 Å². The summed E-state index contributed by atoms with van der Waals surface area (Å²) in [4.78, 5) is 12.6. The van der Waals surface area contributed by atoms with Crippen molar-refractivity contribution in [3.8, 4) is 0 Å². The van der Waals surface area contributed by atoms with Crippen LogP contribution in [0.4, 0.5) is 30.7 Å². The molecule has 0 bridgehead atoms. The van der Waals surface area contributed by atoms with E-state index in [2.05, 4.69) is 25.0 Å². The number of hydrogen-bond donors (Lipinski definition) is 4. The summed E-state index contributed by atoms with van der Waals surface area (Å²) in [7, 11) is -12.3. The molecule has 4 N–H and O–H groups in total. The quantitative estimate of drug-likeness (QED) is 0.0851. The summed E-state index contributed by atoms with van der Waals surface area (Å²) in [6, 6.07) is 18.7. The Balaban J connectivity index is 0.000000127. The molecule has 29 heteroatoms. The van der Waals surface area contributed by atoms with Crippen molar-refractivity contribution in [3.63, 3.8) is 0 Å². The van der Waals surface area contributed by atoms with Crippen molar-refractivity contribution in [2.24, 2.45) is 7.05 Å². The number of rotatable bonds is 12. The lowest BCUT2D eigenvalue weighted by molar-refractivity contribution is -0.107. The smallest absolute Gasteiger partial charge is 0.361 e. The Bertz CT molecular complexity index is 4460. The molecule has 1 aliphatic carbocycles. The van der Waals surface area contributed by atoms with Gasteiger partial charge in [-0.05, 0) is 197 Å². The van der Waals surface area contributed by atoms with Gasteiger partial charge in [-0.2, -0.15) is 22.6 Å². The van der Waals surface area contributed by atoms with Gasteiger partial charge in [0.1, 0.15) is 28.2 Å². The number of aromatic nitrogens is 6. The molecule has 0 atom stereocenters. The van der Waals surface area contributed by atoms with Crippen LogP contribution in [0.5, 0.6) is 0 Å². The number of aryl methyl sites for hydroxylation is 1. The molecule has 0 unspecified atom stereocenters. The maximum absolute atomic E-state index is 13.3. The summed E-state index contributed by atoms with van der Waals surface area (Å²) >= 11 is 0. The summed E-state index contributed by atoms with van der Waals surface area (Å²) in [5.74, 6) is -1.99. The third kappa shape index (κ3) is 15.2. The molecule has 1 saturated carbocycles. The zero-order chi connectivity index (χ0) is 66.4. The number of nitrogens with zero attached hydrogens (tertiary/aromatic N) is 6. The number of H-pyrrole nitrogens is 4. The van der Waals surface area contributed by atoms with Gasteiger partial charge in [-0.15, -0.1) is 0 Å². The number of hydrogen-bond acceptors (Lipinski definition) is 9. The van der Waals surface area contributed by atoms with Crippen LogP contribution in [0.1, 0.15) is 124 Å². The second kappa shape index (κ2) is 27.3. The fourth-order valence-electron chi connectivity index (χ4n) is 13.4. The molecule has 0 spiro atoms. The van der Waals surface area contributed by atoms with E-state index in [0.29, 0.717) is 69.5 Å². The lowest BCUT2D eigenvalue weighted by Crippen LogP contribution is -2.42. The standard InChI is InChI=1S/C17H19FN4O2S.C16H19FN2O2S.C16H21FN2O2S.C15H16F4N2O2S/c1-21-11-14(9-20-21)25(23,24)22-6-4-12(5-7-22)16-10-19-17-8-13(18)2-3-15(16)17;17-12-1-4-14-15(10-18-16(14)9-12)11-5-7-19(8-6-11)22(20,21)13-2-3-13;1-11(2)22(20,21)19-7-5-12(6-8-19)15-10-18-16-9-13(17)3-4-14(15)16;16-11-1-2-12-13(8-20-14(12)7-11)10-3-5-21(6-4-10)24(22,23)9-15(17,18)19/h2-3,8-12,19H,4-7H2,1H3;1,4,9-11,13,18H,2-3,5-8H2;3-4,9-12,18H,5-8H2,1-2H3;1-2,7-8,10,20H,3-6,9H2. The Kier molecular flexibility index (Phi) is 19.9. The summed E-state index contributed by atoms with van der Waals surface area (Å²) in [5, 5.41) is 7.39. The zero-order valence-electron chi connectivity index (χ0n) is 51.5. The van der Waals surface area contributed by atoms with Crippen molar-refractivity contribution in [1.82, 2.24) is 46.9 Å². The van der Waals surface area contributed by atoms with Crippen LogP contribution in [0, 0.1) is 23.3 Å². The summed E-state index contributed by atoms with van der Waals surface area (Å²) in [5.41, 5.74) is 7.45. The first-order valence-corrected chi connectivity index (χ1v) is 37.2. The molecule has 4 aromatic carbocycles. The Labute approximate surface area is 536 Å². The fourth-order valence-corrected chi connectivity index (χ4v) is 19.4. The average Bonchev–Trinajstić information content (AvgIpc) is 1.76. The molecular formula is C64H75F7N10O8S4. The molecule has 9 heterocycles. The second-order valence-corrected chi connectivity index (χ2v) is 33.6. The van der Waals surface area contributed by atoms with Gasteiger partial charge in [-0.25, -0.2) is 64.1 Å². The average molecular weight is 1370 g/mol. The number of alkyl halides is 3. The Morgan fingerprint density at radius 1 is 0.473 bits per heavy atom. The third-order valence-electron chi connectivity index (χ3n) is 18.6. The van der Waals surface area contributed by atoms with E-state index in [0.717, 1.165) is 110 Å². The molecule has 4 aliphatic heterocycles. The number of fused-ring (bicyclic) bond motifs is 4. The van der Waals surface area contributed by atoms with E-state index in [9.17, 15) is 64.4 Å². The predicted octanol–water partition coefficient (Wildman–Crippen LogP) is 12.2. The predicted molar refractivity (Wildman–Crippen MR) is 343 cm³/mol. The van der Waals surface area contributed by atoms with Gasteiger partial charge in [0, 0.05) is 134 Å². The van der Waals surface area contributed by atoms with Gasteiger partial charge in [-0.1, -0.05) is 0 Å². The second-order valence-electron chi connectivity index (χ2n) is 25.0. The number of halogens is 7. The van der Waals surface area contributed by atoms with Gasteiger partial charge in [0.05, 0.1) is 16.7 Å². The maximum atomic E-state index is 13.3. The van der Waals surface area contributed by atoms with E-state index in [1.807, 2.05) is 24.7 Å². The number of piperidine rings is 4. The molecule has 5 aromatic heterocycles. The molecule has 502 valence electrons. The zero-order valence-corrected chi connectivity index (χ0v) is 54.8. The van der Waals surface area contributed by atoms with E-state index < -0.39 is 52.0 Å². The normalized spacial score (nSPS) is 18.8. The topological polar surface area (TPSA) is 230 Å². The van der Waals surface area contributed by atoms with Crippen molar-refractivity contribution >= 4 is 83.7 Å². The first kappa shape index (κ1) is 67.8. The van der Waals surface area contributed by atoms with E-state index >= 15 is 0 Å². The monoisotopic (exact) mass is 1370 g/mol. The van der Waals surface area contributed by atoms with Crippen molar-refractivity contribution in [2.45, 2.75) is 123 Å². The molecule has 0 radical (unpaired) electrons. The van der Waals surface area contributed by atoms with Crippen LogP contribution in [0.2, 0.25) is 0 Å². The van der Waals surface area contributed by atoms with Gasteiger partial charge >= 0.3 is 6.18 Å². The number of nitrogens with one attached hydrogen (secondary N) is 4. The van der Waals surface area contributed by atoms with Crippen LogP contribution in [0.3, 0.4) is 0 Å². The summed E-state index contributed by atoms with van der Waals surface area (Å²) in [6.07, 6.45) is 13.0. The summed E-state index contributed by atoms with van der Waals surface area (Å²) < 4.78 is 195. The van der Waals surface area contributed by atoms with Gasteiger partial charge in [0.2, 0.25) is 40.1 Å². The molecular weight excluding hydrogens is 1300 g/mol. The van der Waals surface area contributed by atoms with Gasteiger partial charge < -0.3 is 19.9 Å². The van der Waals surface area contributed by atoms with E-state index in [1.165, 1.54) is 75.5 Å².